The molecular formula is C15H26. The smallest absolute Gasteiger partial charge is 0.0240 e. The molecule has 0 fully saturated rings. The summed E-state index contributed by atoms with van der Waals surface area (Å²) in [6.07, 6.45) is 18.4. The molecule has 0 heteroatoms. The zero-order chi connectivity index (χ0) is 11.2. The third-order valence-electron chi connectivity index (χ3n) is 2.51. The van der Waals surface area contributed by atoms with Crippen LogP contribution in [0.15, 0.2) is 30.5 Å². The van der Waals surface area contributed by atoms with Crippen molar-refractivity contribution < 1.29 is 0 Å². The van der Waals surface area contributed by atoms with Crippen LogP contribution < -0.4 is 0 Å². The van der Waals surface area contributed by atoms with Gasteiger partial charge in [-0.05, 0) is 31.8 Å². The monoisotopic (exact) mass is 206 g/mol. The molecule has 0 bridgehead atoms. The molecule has 0 aliphatic rings. The largest absolute Gasteiger partial charge is 0.133 e. The molecule has 0 aliphatic carbocycles. The fourth-order valence-corrected chi connectivity index (χ4v) is 1.56. The lowest BCUT2D eigenvalue weighted by molar-refractivity contribution is 0.611. The van der Waals surface area contributed by atoms with E-state index in [9.17, 15) is 0 Å². The summed E-state index contributed by atoms with van der Waals surface area (Å²) < 4.78 is 0. The van der Waals surface area contributed by atoms with Crippen molar-refractivity contribution in [1.82, 2.24) is 0 Å². The molecule has 0 N–H and O–H groups in total. The number of unbranched alkanes of at least 4 members (excludes halogenated alkanes) is 7. The summed E-state index contributed by atoms with van der Waals surface area (Å²) in [5.74, 6) is 0. The van der Waals surface area contributed by atoms with Gasteiger partial charge in [0.05, 0.1) is 0 Å². The second kappa shape index (κ2) is 13.3. The Balaban J connectivity index is 3.06. The highest BCUT2D eigenvalue weighted by Gasteiger charge is 1.87. The molecule has 0 spiro atoms. The zero-order valence-electron chi connectivity index (χ0n) is 10.3. The van der Waals surface area contributed by atoms with Gasteiger partial charge in [-0.15, -0.1) is 5.73 Å². The van der Waals surface area contributed by atoms with Crippen molar-refractivity contribution in [1.29, 1.82) is 0 Å². The normalized spacial score (nSPS) is 10.5. The van der Waals surface area contributed by atoms with E-state index in [2.05, 4.69) is 31.4 Å². The maximum absolute atomic E-state index is 3.54. The second-order valence-electron chi connectivity index (χ2n) is 4.01. The Labute approximate surface area is 95.8 Å². The maximum Gasteiger partial charge on any atom is -0.0240 e. The average molecular weight is 206 g/mol. The third-order valence-corrected chi connectivity index (χ3v) is 2.51. The van der Waals surface area contributed by atoms with Crippen molar-refractivity contribution in [2.75, 3.05) is 0 Å². The minimum Gasteiger partial charge on any atom is -0.133 e. The van der Waals surface area contributed by atoms with Crippen LogP contribution in [0.3, 0.4) is 0 Å². The molecule has 0 aromatic rings. The summed E-state index contributed by atoms with van der Waals surface area (Å²) in [7, 11) is 0. The van der Waals surface area contributed by atoms with Gasteiger partial charge in [0.2, 0.25) is 0 Å². The van der Waals surface area contributed by atoms with Crippen molar-refractivity contribution >= 4 is 0 Å². The lowest BCUT2D eigenvalue weighted by Gasteiger charge is -1.97. The van der Waals surface area contributed by atoms with Crippen molar-refractivity contribution in [3.63, 3.8) is 0 Å². The van der Waals surface area contributed by atoms with E-state index in [4.69, 9.17) is 0 Å². The van der Waals surface area contributed by atoms with E-state index >= 15 is 0 Å². The first-order chi connectivity index (χ1) is 7.41. The van der Waals surface area contributed by atoms with Crippen molar-refractivity contribution in [2.45, 2.75) is 64.7 Å². The van der Waals surface area contributed by atoms with E-state index in [0.29, 0.717) is 0 Å². The average Bonchev–Trinajstić information content (AvgIpc) is 2.26. The SMILES string of the molecule is C=C=CCC/C=C\CCCCCCCC. The Hall–Kier alpha value is -0.740. The van der Waals surface area contributed by atoms with Gasteiger partial charge in [0.1, 0.15) is 0 Å². The topological polar surface area (TPSA) is 0 Å². The molecule has 0 amide bonds. The van der Waals surface area contributed by atoms with Gasteiger partial charge in [-0.2, -0.15) is 0 Å². The molecule has 0 radical (unpaired) electrons. The molecule has 0 aromatic carbocycles. The van der Waals surface area contributed by atoms with Gasteiger partial charge in [-0.25, -0.2) is 0 Å². The van der Waals surface area contributed by atoms with Crippen LogP contribution in [-0.2, 0) is 0 Å². The van der Waals surface area contributed by atoms with E-state index in [1.54, 1.807) is 0 Å². The first-order valence-corrected chi connectivity index (χ1v) is 6.41. The predicted molar refractivity (Wildman–Crippen MR) is 70.1 cm³/mol. The van der Waals surface area contributed by atoms with Crippen LogP contribution in [0.4, 0.5) is 0 Å². The number of hydrogen-bond acceptors (Lipinski definition) is 0. The third kappa shape index (κ3) is 13.3. The van der Waals surface area contributed by atoms with Gasteiger partial charge in [0.15, 0.2) is 0 Å². The number of hydrogen-bond donors (Lipinski definition) is 0. The van der Waals surface area contributed by atoms with Gasteiger partial charge in [-0.3, -0.25) is 0 Å². The highest BCUT2D eigenvalue weighted by molar-refractivity contribution is 4.85. The van der Waals surface area contributed by atoms with E-state index in [-0.39, 0.29) is 0 Å². The summed E-state index contributed by atoms with van der Waals surface area (Å²) in [4.78, 5) is 0. The standard InChI is InChI=1S/C15H26/c1-3-5-7-9-11-13-15-14-12-10-8-6-4-2/h5,11,13H,1,4,6-10,12,14-15H2,2H3/b13-11-. The van der Waals surface area contributed by atoms with E-state index in [0.717, 1.165) is 12.8 Å². The van der Waals surface area contributed by atoms with E-state index in [1.165, 1.54) is 44.9 Å². The summed E-state index contributed by atoms with van der Waals surface area (Å²) in [5, 5.41) is 0. The van der Waals surface area contributed by atoms with Gasteiger partial charge in [-0.1, -0.05) is 57.8 Å². The molecule has 0 unspecified atom stereocenters. The lowest BCUT2D eigenvalue weighted by atomic mass is 10.1. The summed E-state index contributed by atoms with van der Waals surface area (Å²) in [6.45, 7) is 5.80. The first-order valence-electron chi connectivity index (χ1n) is 6.41. The first kappa shape index (κ1) is 14.3. The van der Waals surface area contributed by atoms with Crippen LogP contribution in [0.2, 0.25) is 0 Å². The molecule has 86 valence electrons. The highest BCUT2D eigenvalue weighted by Crippen LogP contribution is 2.07. The van der Waals surface area contributed by atoms with Gasteiger partial charge in [0, 0.05) is 0 Å². The lowest BCUT2D eigenvalue weighted by Crippen LogP contribution is -1.77. The predicted octanol–water partition coefficient (Wildman–Crippen LogP) is 5.41. The van der Waals surface area contributed by atoms with Crippen LogP contribution in [-0.4, -0.2) is 0 Å². The van der Waals surface area contributed by atoms with Crippen molar-refractivity contribution in [2.24, 2.45) is 0 Å². The molecule has 0 saturated carbocycles. The van der Waals surface area contributed by atoms with Crippen LogP contribution in [0.5, 0.6) is 0 Å². The van der Waals surface area contributed by atoms with Gasteiger partial charge >= 0.3 is 0 Å². The Bertz CT molecular complexity index is 182. The Morgan fingerprint density at radius 3 is 2.27 bits per heavy atom. The van der Waals surface area contributed by atoms with Crippen molar-refractivity contribution in [3.05, 3.63) is 30.5 Å². The maximum atomic E-state index is 3.54. The fourth-order valence-electron chi connectivity index (χ4n) is 1.56. The molecular weight excluding hydrogens is 180 g/mol. The Morgan fingerprint density at radius 1 is 0.867 bits per heavy atom. The minimum absolute atomic E-state index is 1.08. The number of rotatable bonds is 10. The molecule has 0 heterocycles. The Morgan fingerprint density at radius 2 is 1.53 bits per heavy atom. The van der Waals surface area contributed by atoms with Crippen LogP contribution >= 0.6 is 0 Å². The van der Waals surface area contributed by atoms with Crippen molar-refractivity contribution in [3.8, 4) is 0 Å². The van der Waals surface area contributed by atoms with Gasteiger partial charge in [0.25, 0.3) is 0 Å². The summed E-state index contributed by atoms with van der Waals surface area (Å²) >= 11 is 0. The Kier molecular flexibility index (Phi) is 12.6. The highest BCUT2D eigenvalue weighted by atomic mass is 13.9. The second-order valence-corrected chi connectivity index (χ2v) is 4.01. The van der Waals surface area contributed by atoms with Gasteiger partial charge < -0.3 is 0 Å². The fraction of sp³-hybridized carbons (Fsp3) is 0.667. The summed E-state index contributed by atoms with van der Waals surface area (Å²) in [6, 6.07) is 0. The van der Waals surface area contributed by atoms with Crippen LogP contribution in [0.1, 0.15) is 64.7 Å². The molecule has 0 saturated heterocycles. The molecule has 0 nitrogen and oxygen atoms in total. The zero-order valence-corrected chi connectivity index (χ0v) is 10.3. The molecule has 15 heavy (non-hydrogen) atoms. The molecule has 0 aliphatic heterocycles. The molecule has 0 atom stereocenters. The number of allylic oxidation sites excluding steroid dienone is 3. The van der Waals surface area contributed by atoms with Crippen LogP contribution in [0.25, 0.3) is 0 Å². The van der Waals surface area contributed by atoms with Crippen LogP contribution in [0, 0.1) is 0 Å². The minimum atomic E-state index is 1.08. The molecule has 0 aromatic heterocycles. The quantitative estimate of drug-likeness (QED) is 0.254. The molecule has 0 rings (SSSR count). The summed E-state index contributed by atoms with van der Waals surface area (Å²) in [5.41, 5.74) is 2.79. The van der Waals surface area contributed by atoms with E-state index in [1.807, 2.05) is 6.08 Å². The van der Waals surface area contributed by atoms with E-state index < -0.39 is 0 Å².